The summed E-state index contributed by atoms with van der Waals surface area (Å²) in [6.07, 6.45) is -3.38. The van der Waals surface area contributed by atoms with Gasteiger partial charge in [0.15, 0.2) is 4.34 Å². The predicted octanol–water partition coefficient (Wildman–Crippen LogP) is 2.68. The average Bonchev–Trinajstić information content (AvgIpc) is 2.98. The van der Waals surface area contributed by atoms with Crippen LogP contribution in [0.4, 0.5) is 18.3 Å². The zero-order valence-corrected chi connectivity index (χ0v) is 16.6. The number of likely N-dealkylation sites (N-methyl/N-ethyl adjacent to an activating group) is 1. The van der Waals surface area contributed by atoms with Crippen molar-refractivity contribution in [2.75, 3.05) is 25.2 Å². The number of rotatable bonds is 7. The maximum atomic E-state index is 12.5. The van der Waals surface area contributed by atoms with E-state index in [1.165, 1.54) is 30.9 Å². The van der Waals surface area contributed by atoms with Crippen LogP contribution in [0.5, 0.6) is 0 Å². The molecular weight excluding hydrogens is 425 g/mol. The highest BCUT2D eigenvalue weighted by Gasteiger charge is 2.29. The summed E-state index contributed by atoms with van der Waals surface area (Å²) in [4.78, 5) is 11.8. The van der Waals surface area contributed by atoms with Crippen LogP contribution in [0, 0.1) is 0 Å². The molecule has 0 radical (unpaired) electrons. The van der Waals surface area contributed by atoms with Crippen LogP contribution in [-0.2, 0) is 26.7 Å². The van der Waals surface area contributed by atoms with Crippen molar-refractivity contribution in [2.24, 2.45) is 0 Å². The predicted molar refractivity (Wildman–Crippen MR) is 97.0 cm³/mol. The topological polar surface area (TPSA) is 92.3 Å². The van der Waals surface area contributed by atoms with E-state index in [1.807, 2.05) is 0 Å². The first-order valence-corrected chi connectivity index (χ1v) is 10.9. The first-order chi connectivity index (χ1) is 12.4. The maximum Gasteiger partial charge on any atom is 0.416 e. The van der Waals surface area contributed by atoms with Gasteiger partial charge in [0.2, 0.25) is 21.1 Å². The van der Waals surface area contributed by atoms with Gasteiger partial charge in [0, 0.05) is 12.8 Å². The molecule has 0 saturated carbocycles. The molecule has 13 heteroatoms. The van der Waals surface area contributed by atoms with E-state index in [-0.39, 0.29) is 11.7 Å². The van der Waals surface area contributed by atoms with Crippen molar-refractivity contribution in [3.8, 4) is 0 Å². The SMILES string of the molecule is CN(CC(=O)Nc1nnc(SCc2ccc(C(F)(F)F)cc2)s1)S(C)(=O)=O. The van der Waals surface area contributed by atoms with Gasteiger partial charge in [0.05, 0.1) is 18.4 Å². The fourth-order valence-corrected chi connectivity index (χ4v) is 3.81. The number of aromatic nitrogens is 2. The number of sulfonamides is 1. The van der Waals surface area contributed by atoms with Crippen LogP contribution in [-0.4, -0.2) is 48.7 Å². The van der Waals surface area contributed by atoms with Gasteiger partial charge in [-0.25, -0.2) is 8.42 Å². The smallest absolute Gasteiger partial charge is 0.299 e. The summed E-state index contributed by atoms with van der Waals surface area (Å²) in [5.41, 5.74) is -0.0280. The van der Waals surface area contributed by atoms with Crippen LogP contribution in [0.25, 0.3) is 0 Å². The molecule has 1 aromatic heterocycles. The maximum absolute atomic E-state index is 12.5. The Morgan fingerprint density at radius 3 is 2.44 bits per heavy atom. The van der Waals surface area contributed by atoms with Crippen molar-refractivity contribution in [3.05, 3.63) is 35.4 Å². The van der Waals surface area contributed by atoms with E-state index in [1.54, 1.807) is 0 Å². The minimum atomic E-state index is -4.37. The van der Waals surface area contributed by atoms with Crippen LogP contribution >= 0.6 is 23.1 Å². The fraction of sp³-hybridized carbons (Fsp3) is 0.357. The lowest BCUT2D eigenvalue weighted by molar-refractivity contribution is -0.137. The van der Waals surface area contributed by atoms with E-state index in [9.17, 15) is 26.4 Å². The summed E-state index contributed by atoms with van der Waals surface area (Å²) in [6, 6.07) is 4.81. The summed E-state index contributed by atoms with van der Waals surface area (Å²) in [5, 5.41) is 10.3. The molecule has 148 valence electrons. The number of halogens is 3. The number of anilines is 1. The molecule has 0 spiro atoms. The highest BCUT2D eigenvalue weighted by atomic mass is 32.2. The molecule has 2 rings (SSSR count). The number of carbonyl (C=O) groups is 1. The third kappa shape index (κ3) is 6.75. The molecule has 1 heterocycles. The van der Waals surface area contributed by atoms with Gasteiger partial charge in [-0.2, -0.15) is 17.5 Å². The lowest BCUT2D eigenvalue weighted by Gasteiger charge is -2.12. The van der Waals surface area contributed by atoms with Gasteiger partial charge in [-0.05, 0) is 17.7 Å². The van der Waals surface area contributed by atoms with Crippen LogP contribution in [0.2, 0.25) is 0 Å². The van der Waals surface area contributed by atoms with E-state index >= 15 is 0 Å². The van der Waals surface area contributed by atoms with Gasteiger partial charge in [-0.15, -0.1) is 10.2 Å². The summed E-state index contributed by atoms with van der Waals surface area (Å²) in [5.74, 6) is -0.171. The van der Waals surface area contributed by atoms with Crippen LogP contribution in [0.1, 0.15) is 11.1 Å². The fourth-order valence-electron chi connectivity index (χ4n) is 1.73. The number of hydrogen-bond donors (Lipinski definition) is 1. The number of carbonyl (C=O) groups excluding carboxylic acids is 1. The van der Waals surface area contributed by atoms with Crippen LogP contribution in [0.15, 0.2) is 28.6 Å². The lowest BCUT2D eigenvalue weighted by Crippen LogP contribution is -2.34. The van der Waals surface area contributed by atoms with Crippen LogP contribution in [0.3, 0.4) is 0 Å². The molecule has 0 aliphatic heterocycles. The number of nitrogens with one attached hydrogen (secondary N) is 1. The quantitative estimate of drug-likeness (QED) is 0.526. The Balaban J connectivity index is 1.88. The van der Waals surface area contributed by atoms with Crippen molar-refractivity contribution in [2.45, 2.75) is 16.3 Å². The van der Waals surface area contributed by atoms with Gasteiger partial charge in [0.1, 0.15) is 0 Å². The molecule has 0 saturated heterocycles. The Morgan fingerprint density at radius 1 is 1.26 bits per heavy atom. The summed E-state index contributed by atoms with van der Waals surface area (Å²) in [7, 11) is -2.19. The Kier molecular flexibility index (Phi) is 6.83. The van der Waals surface area contributed by atoms with E-state index in [2.05, 4.69) is 15.5 Å². The number of amides is 1. The Morgan fingerprint density at radius 2 is 1.89 bits per heavy atom. The Hall–Kier alpha value is -1.70. The first kappa shape index (κ1) is 21.6. The van der Waals surface area contributed by atoms with E-state index in [4.69, 9.17) is 0 Å². The van der Waals surface area contributed by atoms with Crippen molar-refractivity contribution >= 4 is 44.2 Å². The second-order valence-corrected chi connectivity index (χ2v) is 9.71. The second-order valence-electron chi connectivity index (χ2n) is 5.42. The molecule has 27 heavy (non-hydrogen) atoms. The summed E-state index contributed by atoms with van der Waals surface area (Å²) in [6.45, 7) is -0.355. The summed E-state index contributed by atoms with van der Waals surface area (Å²) >= 11 is 2.34. The van der Waals surface area contributed by atoms with Gasteiger partial charge in [-0.3, -0.25) is 10.1 Å². The molecule has 0 fully saturated rings. The van der Waals surface area contributed by atoms with E-state index in [0.29, 0.717) is 15.7 Å². The molecule has 0 unspecified atom stereocenters. The molecule has 1 amide bonds. The summed E-state index contributed by atoms with van der Waals surface area (Å²) < 4.78 is 61.5. The molecular formula is C14H15F3N4O3S3. The van der Waals surface area contributed by atoms with Crippen LogP contribution < -0.4 is 5.32 Å². The Labute approximate surface area is 162 Å². The standard InChI is InChI=1S/C14H15F3N4O3S3/c1-21(27(2,23)24)7-11(22)18-12-19-20-13(26-12)25-8-9-3-5-10(6-4-9)14(15,16)17/h3-6H,7-8H2,1-2H3,(H,18,19,22). The molecule has 0 aliphatic carbocycles. The van der Waals surface area contributed by atoms with Crippen molar-refractivity contribution in [1.82, 2.24) is 14.5 Å². The molecule has 1 N–H and O–H groups in total. The largest absolute Gasteiger partial charge is 0.416 e. The number of nitrogens with zero attached hydrogens (tertiary/aromatic N) is 3. The monoisotopic (exact) mass is 440 g/mol. The van der Waals surface area contributed by atoms with E-state index in [0.717, 1.165) is 34.0 Å². The number of hydrogen-bond acceptors (Lipinski definition) is 7. The zero-order chi connectivity index (χ0) is 20.2. The third-order valence-electron chi connectivity index (χ3n) is 3.23. The molecule has 0 atom stereocenters. The average molecular weight is 440 g/mol. The number of thioether (sulfide) groups is 1. The first-order valence-electron chi connectivity index (χ1n) is 7.29. The second kappa shape index (κ2) is 8.54. The molecule has 0 bridgehead atoms. The van der Waals surface area contributed by atoms with Gasteiger partial charge >= 0.3 is 6.18 Å². The van der Waals surface area contributed by atoms with Crippen molar-refractivity contribution < 1.29 is 26.4 Å². The van der Waals surface area contributed by atoms with Gasteiger partial charge in [0.25, 0.3) is 0 Å². The molecule has 2 aromatic rings. The lowest BCUT2D eigenvalue weighted by atomic mass is 10.1. The number of benzene rings is 1. The van der Waals surface area contributed by atoms with Gasteiger partial charge in [-0.1, -0.05) is 35.2 Å². The zero-order valence-electron chi connectivity index (χ0n) is 14.1. The minimum absolute atomic E-state index is 0.205. The van der Waals surface area contributed by atoms with Gasteiger partial charge < -0.3 is 0 Å². The highest BCUT2D eigenvalue weighted by molar-refractivity contribution is 8.00. The molecule has 0 aliphatic rings. The highest BCUT2D eigenvalue weighted by Crippen LogP contribution is 2.31. The molecule has 1 aromatic carbocycles. The van der Waals surface area contributed by atoms with Crippen molar-refractivity contribution in [1.29, 1.82) is 0 Å². The molecule has 7 nitrogen and oxygen atoms in total. The normalized spacial score (nSPS) is 12.4. The third-order valence-corrected chi connectivity index (χ3v) is 6.53. The number of alkyl halides is 3. The Bertz CT molecular complexity index is 898. The van der Waals surface area contributed by atoms with Crippen molar-refractivity contribution in [3.63, 3.8) is 0 Å². The van der Waals surface area contributed by atoms with E-state index < -0.39 is 27.7 Å². The minimum Gasteiger partial charge on any atom is -0.299 e.